The minimum atomic E-state index is -0.930. The number of aromatic nitrogens is 2. The lowest BCUT2D eigenvalue weighted by Gasteiger charge is -2.18. The molecule has 0 bridgehead atoms. The number of hydrogen-bond acceptors (Lipinski definition) is 3. The van der Waals surface area contributed by atoms with E-state index in [-0.39, 0.29) is 5.56 Å². The standard InChI is InChI=1S/C27H25F2N3O2/c1-16-7-10-19(11-8-16)34-25-15-23-22(30-26(31-23)17-5-3-2-4-6-17)14-24(25)32-27(33)20-12-9-18(28)13-21(20)29/h7-15,17H,2-6H2,1H3,(H,30,31)(H,32,33). The lowest BCUT2D eigenvalue weighted by Crippen LogP contribution is -2.14. The number of hydrogen-bond donors (Lipinski definition) is 2. The van der Waals surface area contributed by atoms with E-state index in [1.54, 1.807) is 12.1 Å². The van der Waals surface area contributed by atoms with E-state index >= 15 is 0 Å². The van der Waals surface area contributed by atoms with Crippen molar-refractivity contribution in [2.45, 2.75) is 44.9 Å². The average molecular weight is 462 g/mol. The Balaban J connectivity index is 1.52. The van der Waals surface area contributed by atoms with Crippen molar-refractivity contribution in [3.8, 4) is 11.5 Å². The number of halogens is 2. The first-order valence-corrected chi connectivity index (χ1v) is 11.5. The van der Waals surface area contributed by atoms with Gasteiger partial charge < -0.3 is 15.0 Å². The van der Waals surface area contributed by atoms with Gasteiger partial charge in [-0.2, -0.15) is 0 Å². The zero-order chi connectivity index (χ0) is 23.7. The molecule has 1 fully saturated rings. The number of anilines is 1. The maximum atomic E-state index is 14.2. The fourth-order valence-electron chi connectivity index (χ4n) is 4.41. The molecule has 1 amide bonds. The van der Waals surface area contributed by atoms with Crippen LogP contribution in [0, 0.1) is 18.6 Å². The highest BCUT2D eigenvalue weighted by Crippen LogP contribution is 2.37. The zero-order valence-corrected chi connectivity index (χ0v) is 18.8. The number of imidazole rings is 1. The summed E-state index contributed by atoms with van der Waals surface area (Å²) in [5.41, 5.74) is 2.68. The van der Waals surface area contributed by atoms with E-state index in [0.717, 1.165) is 47.4 Å². The van der Waals surface area contributed by atoms with Crippen molar-refractivity contribution in [1.82, 2.24) is 9.97 Å². The van der Waals surface area contributed by atoms with Crippen molar-refractivity contribution in [2.75, 3.05) is 5.32 Å². The SMILES string of the molecule is Cc1ccc(Oc2cc3nc(C4CCCCC4)[nH]c3cc2NC(=O)c2ccc(F)cc2F)cc1. The molecular weight excluding hydrogens is 436 g/mol. The number of rotatable bonds is 5. The normalized spacial score (nSPS) is 14.3. The fourth-order valence-corrected chi connectivity index (χ4v) is 4.41. The minimum absolute atomic E-state index is 0.254. The first kappa shape index (κ1) is 22.1. The molecule has 0 atom stereocenters. The summed E-state index contributed by atoms with van der Waals surface area (Å²) in [7, 11) is 0. The second-order valence-corrected chi connectivity index (χ2v) is 8.82. The van der Waals surface area contributed by atoms with Crippen molar-refractivity contribution in [3.05, 3.63) is 83.2 Å². The van der Waals surface area contributed by atoms with Gasteiger partial charge in [0.1, 0.15) is 23.2 Å². The predicted octanol–water partition coefficient (Wildman–Crippen LogP) is 7.24. The van der Waals surface area contributed by atoms with Crippen LogP contribution in [0.25, 0.3) is 11.0 Å². The molecule has 4 aromatic rings. The van der Waals surface area contributed by atoms with Crippen LogP contribution in [0.2, 0.25) is 0 Å². The number of aromatic amines is 1. The van der Waals surface area contributed by atoms with Gasteiger partial charge >= 0.3 is 0 Å². The summed E-state index contributed by atoms with van der Waals surface area (Å²) in [4.78, 5) is 21.0. The molecule has 5 nitrogen and oxygen atoms in total. The molecule has 174 valence electrons. The molecule has 0 unspecified atom stereocenters. The lowest BCUT2D eigenvalue weighted by molar-refractivity contribution is 0.102. The molecule has 0 spiro atoms. The van der Waals surface area contributed by atoms with Crippen molar-refractivity contribution < 1.29 is 18.3 Å². The van der Waals surface area contributed by atoms with E-state index in [1.165, 1.54) is 19.3 Å². The fraction of sp³-hybridized carbons (Fsp3) is 0.259. The number of amides is 1. The van der Waals surface area contributed by atoms with Crippen LogP contribution in [0.5, 0.6) is 11.5 Å². The summed E-state index contributed by atoms with van der Waals surface area (Å²) >= 11 is 0. The molecule has 1 aliphatic carbocycles. The van der Waals surface area contributed by atoms with Crippen LogP contribution in [-0.4, -0.2) is 15.9 Å². The molecule has 2 N–H and O–H groups in total. The number of fused-ring (bicyclic) bond motifs is 1. The predicted molar refractivity (Wildman–Crippen MR) is 127 cm³/mol. The Morgan fingerprint density at radius 1 is 1.03 bits per heavy atom. The van der Waals surface area contributed by atoms with E-state index in [4.69, 9.17) is 9.72 Å². The van der Waals surface area contributed by atoms with Crippen molar-refractivity contribution in [2.24, 2.45) is 0 Å². The van der Waals surface area contributed by atoms with Gasteiger partial charge in [-0.15, -0.1) is 0 Å². The topological polar surface area (TPSA) is 67.0 Å². The number of carbonyl (C=O) groups excluding carboxylic acids is 1. The summed E-state index contributed by atoms with van der Waals surface area (Å²) in [6.07, 6.45) is 5.82. The van der Waals surface area contributed by atoms with Crippen LogP contribution in [0.3, 0.4) is 0 Å². The highest BCUT2D eigenvalue weighted by Gasteiger charge is 2.21. The third-order valence-electron chi connectivity index (χ3n) is 6.27. The van der Waals surface area contributed by atoms with Gasteiger partial charge in [-0.3, -0.25) is 4.79 Å². The molecule has 0 aliphatic heterocycles. The number of nitrogens with one attached hydrogen (secondary N) is 2. The largest absolute Gasteiger partial charge is 0.455 e. The number of aryl methyl sites for hydroxylation is 1. The Hall–Kier alpha value is -3.74. The highest BCUT2D eigenvalue weighted by molar-refractivity contribution is 6.06. The van der Waals surface area contributed by atoms with E-state index in [2.05, 4.69) is 10.3 Å². The Morgan fingerprint density at radius 2 is 1.79 bits per heavy atom. The highest BCUT2D eigenvalue weighted by atomic mass is 19.1. The summed E-state index contributed by atoms with van der Waals surface area (Å²) < 4.78 is 33.6. The van der Waals surface area contributed by atoms with Crippen molar-refractivity contribution >= 4 is 22.6 Å². The van der Waals surface area contributed by atoms with Crippen LogP contribution in [0.4, 0.5) is 14.5 Å². The first-order chi connectivity index (χ1) is 16.5. The Kier molecular flexibility index (Phi) is 6.01. The first-order valence-electron chi connectivity index (χ1n) is 11.5. The second-order valence-electron chi connectivity index (χ2n) is 8.82. The molecule has 1 aliphatic rings. The minimum Gasteiger partial charge on any atom is -0.455 e. The molecule has 0 saturated heterocycles. The maximum absolute atomic E-state index is 14.2. The number of ether oxygens (including phenoxy) is 1. The van der Waals surface area contributed by atoms with Crippen LogP contribution < -0.4 is 10.1 Å². The second kappa shape index (κ2) is 9.25. The smallest absolute Gasteiger partial charge is 0.258 e. The van der Waals surface area contributed by atoms with Gasteiger partial charge in [0.05, 0.1) is 22.3 Å². The number of H-pyrrole nitrogens is 1. The summed E-state index contributed by atoms with van der Waals surface area (Å²) in [5.74, 6) is -0.0757. The van der Waals surface area contributed by atoms with Gasteiger partial charge in [0.2, 0.25) is 0 Å². The molecule has 1 aromatic heterocycles. The van der Waals surface area contributed by atoms with Crippen molar-refractivity contribution in [3.63, 3.8) is 0 Å². The summed E-state index contributed by atoms with van der Waals surface area (Å²) in [6, 6.07) is 13.9. The average Bonchev–Trinajstić information content (AvgIpc) is 3.24. The summed E-state index contributed by atoms with van der Waals surface area (Å²) in [6.45, 7) is 1.98. The molecule has 3 aromatic carbocycles. The van der Waals surface area contributed by atoms with Crippen LogP contribution >= 0.6 is 0 Å². The zero-order valence-electron chi connectivity index (χ0n) is 18.8. The monoisotopic (exact) mass is 461 g/mol. The van der Waals surface area contributed by atoms with Crippen LogP contribution in [0.1, 0.15) is 59.8 Å². The van der Waals surface area contributed by atoms with Gasteiger partial charge in [0.15, 0.2) is 5.75 Å². The molecule has 1 saturated carbocycles. The Morgan fingerprint density at radius 3 is 2.53 bits per heavy atom. The lowest BCUT2D eigenvalue weighted by atomic mass is 9.89. The van der Waals surface area contributed by atoms with Gasteiger partial charge in [-0.25, -0.2) is 13.8 Å². The van der Waals surface area contributed by atoms with Crippen LogP contribution in [-0.2, 0) is 0 Å². The van der Waals surface area contributed by atoms with Gasteiger partial charge in [0, 0.05) is 18.1 Å². The quantitative estimate of drug-likeness (QED) is 0.329. The van der Waals surface area contributed by atoms with Gasteiger partial charge in [-0.1, -0.05) is 37.0 Å². The number of benzene rings is 3. The van der Waals surface area contributed by atoms with E-state index in [9.17, 15) is 13.6 Å². The van der Waals surface area contributed by atoms with Crippen molar-refractivity contribution in [1.29, 1.82) is 0 Å². The molecule has 1 heterocycles. The molecular formula is C27H25F2N3O2. The molecule has 34 heavy (non-hydrogen) atoms. The Bertz CT molecular complexity index is 1340. The third kappa shape index (κ3) is 4.64. The Labute approximate surface area is 196 Å². The van der Waals surface area contributed by atoms with Gasteiger partial charge in [0.25, 0.3) is 5.91 Å². The molecule has 0 radical (unpaired) electrons. The van der Waals surface area contributed by atoms with Gasteiger partial charge in [-0.05, 0) is 50.1 Å². The van der Waals surface area contributed by atoms with E-state index < -0.39 is 17.5 Å². The maximum Gasteiger partial charge on any atom is 0.258 e. The third-order valence-corrected chi connectivity index (χ3v) is 6.27. The van der Waals surface area contributed by atoms with E-state index in [0.29, 0.717) is 29.2 Å². The summed E-state index contributed by atoms with van der Waals surface area (Å²) in [5, 5.41) is 2.73. The van der Waals surface area contributed by atoms with Crippen LogP contribution in [0.15, 0.2) is 54.6 Å². The van der Waals surface area contributed by atoms with E-state index in [1.807, 2.05) is 31.2 Å². The number of nitrogens with zero attached hydrogens (tertiary/aromatic N) is 1. The number of carbonyl (C=O) groups is 1. The molecule has 5 rings (SSSR count). The molecule has 7 heteroatoms.